The van der Waals surface area contributed by atoms with Gasteiger partial charge in [-0.3, -0.25) is 9.59 Å². The Morgan fingerprint density at radius 2 is 2.17 bits per heavy atom. The normalized spacial score (nSPS) is 29.5. The summed E-state index contributed by atoms with van der Waals surface area (Å²) >= 11 is 0. The molecule has 24 heavy (non-hydrogen) atoms. The second kappa shape index (κ2) is 7.32. The number of carbonyl (C=O) groups excluding carboxylic acids is 2. The van der Waals surface area contributed by atoms with E-state index >= 15 is 0 Å². The van der Waals surface area contributed by atoms with E-state index in [4.69, 9.17) is 0 Å². The molecule has 4 nitrogen and oxygen atoms in total. The monoisotopic (exact) mass is 332 g/mol. The molecule has 4 atom stereocenters. The zero-order chi connectivity index (χ0) is 17.1. The maximum atomic E-state index is 13.1. The summed E-state index contributed by atoms with van der Waals surface area (Å²) in [6.07, 6.45) is 5.04. The molecule has 0 bridgehead atoms. The minimum atomic E-state index is -0.424. The Morgan fingerprint density at radius 1 is 1.33 bits per heavy atom. The van der Waals surface area contributed by atoms with Gasteiger partial charge in [0.15, 0.2) is 0 Å². The van der Waals surface area contributed by atoms with Crippen molar-refractivity contribution in [2.45, 2.75) is 45.1 Å². The molecule has 1 aromatic rings. The van der Waals surface area contributed by atoms with E-state index in [0.29, 0.717) is 36.4 Å². The van der Waals surface area contributed by atoms with Crippen LogP contribution in [-0.2, 0) is 4.79 Å². The summed E-state index contributed by atoms with van der Waals surface area (Å²) in [7, 11) is 0. The number of amides is 2. The van der Waals surface area contributed by atoms with Crippen LogP contribution in [0.2, 0.25) is 0 Å². The highest BCUT2D eigenvalue weighted by atomic mass is 19.1. The van der Waals surface area contributed by atoms with Crippen molar-refractivity contribution < 1.29 is 14.0 Å². The molecular formula is C19H25FN2O2. The Balaban J connectivity index is 1.48. The third-order valence-corrected chi connectivity index (χ3v) is 5.41. The van der Waals surface area contributed by atoms with E-state index < -0.39 is 5.82 Å². The fraction of sp³-hybridized carbons (Fsp3) is 0.579. The number of halogens is 1. The highest BCUT2D eigenvalue weighted by Gasteiger charge is 2.38. The van der Waals surface area contributed by atoms with Gasteiger partial charge >= 0.3 is 0 Å². The van der Waals surface area contributed by atoms with Crippen LogP contribution in [0.4, 0.5) is 4.39 Å². The maximum Gasteiger partial charge on any atom is 0.251 e. The van der Waals surface area contributed by atoms with E-state index in [1.54, 1.807) is 6.07 Å². The molecule has 0 radical (unpaired) electrons. The second-order valence-electron chi connectivity index (χ2n) is 7.28. The van der Waals surface area contributed by atoms with Crippen molar-refractivity contribution in [2.24, 2.45) is 17.8 Å². The lowest BCUT2D eigenvalue weighted by Crippen LogP contribution is -2.52. The number of piperidine rings is 1. The molecular weight excluding hydrogens is 307 g/mol. The summed E-state index contributed by atoms with van der Waals surface area (Å²) < 4.78 is 13.1. The number of nitrogens with one attached hydrogen (secondary N) is 2. The summed E-state index contributed by atoms with van der Waals surface area (Å²) in [4.78, 5) is 24.3. The maximum absolute atomic E-state index is 13.1. The third kappa shape index (κ3) is 3.94. The van der Waals surface area contributed by atoms with Gasteiger partial charge in [-0.05, 0) is 55.7 Å². The van der Waals surface area contributed by atoms with E-state index in [1.807, 2.05) is 0 Å². The van der Waals surface area contributed by atoms with Gasteiger partial charge in [-0.1, -0.05) is 19.4 Å². The van der Waals surface area contributed by atoms with Crippen LogP contribution < -0.4 is 10.6 Å². The molecule has 5 heteroatoms. The zero-order valence-corrected chi connectivity index (χ0v) is 14.1. The molecule has 1 saturated heterocycles. The van der Waals surface area contributed by atoms with Crippen LogP contribution in [0, 0.1) is 23.6 Å². The molecule has 1 aromatic carbocycles. The number of carbonyl (C=O) groups is 2. The van der Waals surface area contributed by atoms with Gasteiger partial charge in [0, 0.05) is 24.1 Å². The number of fused-ring (bicyclic) bond motifs is 1. The lowest BCUT2D eigenvalue weighted by Gasteiger charge is -2.41. The summed E-state index contributed by atoms with van der Waals surface area (Å²) in [5.74, 6) is 0.622. The van der Waals surface area contributed by atoms with Gasteiger partial charge in [0.2, 0.25) is 5.91 Å². The van der Waals surface area contributed by atoms with E-state index in [9.17, 15) is 14.0 Å². The molecule has 130 valence electrons. The van der Waals surface area contributed by atoms with E-state index in [0.717, 1.165) is 12.8 Å². The zero-order valence-electron chi connectivity index (χ0n) is 14.1. The molecule has 3 rings (SSSR count). The van der Waals surface area contributed by atoms with Crippen molar-refractivity contribution in [3.8, 4) is 0 Å². The Hall–Kier alpha value is -1.91. The first kappa shape index (κ1) is 16.9. The molecule has 2 fully saturated rings. The SMILES string of the molecule is CC1CCC2CC(CCNC(=O)c3cccc(F)c3)C(=O)NC2C1. The predicted molar refractivity (Wildman–Crippen MR) is 89.9 cm³/mol. The van der Waals surface area contributed by atoms with Crippen LogP contribution >= 0.6 is 0 Å². The number of hydrogen-bond acceptors (Lipinski definition) is 2. The Labute approximate surface area is 142 Å². The van der Waals surface area contributed by atoms with Crippen molar-refractivity contribution in [3.63, 3.8) is 0 Å². The van der Waals surface area contributed by atoms with Crippen molar-refractivity contribution in [1.82, 2.24) is 10.6 Å². The van der Waals surface area contributed by atoms with E-state index in [2.05, 4.69) is 17.6 Å². The third-order valence-electron chi connectivity index (χ3n) is 5.41. The average molecular weight is 332 g/mol. The second-order valence-corrected chi connectivity index (χ2v) is 7.28. The van der Waals surface area contributed by atoms with Crippen molar-refractivity contribution in [3.05, 3.63) is 35.6 Å². The molecule has 1 aliphatic heterocycles. The number of rotatable bonds is 4. The minimum absolute atomic E-state index is 0.0348. The van der Waals surface area contributed by atoms with Crippen LogP contribution in [-0.4, -0.2) is 24.4 Å². The number of hydrogen-bond donors (Lipinski definition) is 2. The lowest BCUT2D eigenvalue weighted by molar-refractivity contribution is -0.130. The Bertz CT molecular complexity index is 619. The van der Waals surface area contributed by atoms with E-state index in [1.165, 1.54) is 31.0 Å². The quantitative estimate of drug-likeness (QED) is 0.891. The van der Waals surface area contributed by atoms with Crippen LogP contribution in [0.3, 0.4) is 0 Å². The summed E-state index contributed by atoms with van der Waals surface area (Å²) in [6.45, 7) is 2.68. The van der Waals surface area contributed by atoms with Crippen molar-refractivity contribution in [1.29, 1.82) is 0 Å². The van der Waals surface area contributed by atoms with Gasteiger partial charge in [-0.15, -0.1) is 0 Å². The first-order chi connectivity index (χ1) is 11.5. The summed E-state index contributed by atoms with van der Waals surface area (Å²) in [6, 6.07) is 5.96. The molecule has 0 aromatic heterocycles. The molecule has 2 amide bonds. The molecule has 1 saturated carbocycles. The smallest absolute Gasteiger partial charge is 0.251 e. The largest absolute Gasteiger partial charge is 0.353 e. The lowest BCUT2D eigenvalue weighted by atomic mass is 9.72. The molecule has 0 spiro atoms. The average Bonchev–Trinajstić information content (AvgIpc) is 2.55. The molecule has 1 aliphatic carbocycles. The van der Waals surface area contributed by atoms with Crippen LogP contribution in [0.15, 0.2) is 24.3 Å². The fourth-order valence-corrected chi connectivity index (χ4v) is 4.02. The molecule has 2 N–H and O–H groups in total. The molecule has 1 heterocycles. The van der Waals surface area contributed by atoms with Crippen LogP contribution in [0.1, 0.15) is 49.4 Å². The first-order valence-electron chi connectivity index (χ1n) is 8.87. The van der Waals surface area contributed by atoms with Gasteiger partial charge in [0.1, 0.15) is 5.82 Å². The fourth-order valence-electron chi connectivity index (χ4n) is 4.02. The Kier molecular flexibility index (Phi) is 5.17. The van der Waals surface area contributed by atoms with Gasteiger partial charge in [0.25, 0.3) is 5.91 Å². The van der Waals surface area contributed by atoms with Crippen molar-refractivity contribution in [2.75, 3.05) is 6.54 Å². The first-order valence-corrected chi connectivity index (χ1v) is 8.87. The number of benzene rings is 1. The summed E-state index contributed by atoms with van der Waals surface area (Å²) in [5.41, 5.74) is 0.310. The van der Waals surface area contributed by atoms with E-state index in [-0.39, 0.29) is 17.7 Å². The van der Waals surface area contributed by atoms with Gasteiger partial charge in [-0.25, -0.2) is 4.39 Å². The van der Waals surface area contributed by atoms with Crippen LogP contribution in [0.5, 0.6) is 0 Å². The standard InChI is InChI=1S/C19H25FN2O2/c1-12-5-6-13-10-15(19(24)22-17(13)9-12)7-8-21-18(23)14-3-2-4-16(20)11-14/h2-4,11-13,15,17H,5-10H2,1H3,(H,21,23)(H,22,24). The predicted octanol–water partition coefficient (Wildman–Crippen LogP) is 2.89. The highest BCUT2D eigenvalue weighted by molar-refractivity contribution is 5.94. The van der Waals surface area contributed by atoms with Gasteiger partial charge in [-0.2, -0.15) is 0 Å². The van der Waals surface area contributed by atoms with Crippen LogP contribution in [0.25, 0.3) is 0 Å². The Morgan fingerprint density at radius 3 is 2.96 bits per heavy atom. The topological polar surface area (TPSA) is 58.2 Å². The highest BCUT2D eigenvalue weighted by Crippen LogP contribution is 2.36. The molecule has 4 unspecified atom stereocenters. The molecule has 2 aliphatic rings. The van der Waals surface area contributed by atoms with Gasteiger partial charge < -0.3 is 10.6 Å². The van der Waals surface area contributed by atoms with Gasteiger partial charge in [0.05, 0.1) is 0 Å². The minimum Gasteiger partial charge on any atom is -0.353 e. The van der Waals surface area contributed by atoms with Crippen molar-refractivity contribution >= 4 is 11.8 Å². The summed E-state index contributed by atoms with van der Waals surface area (Å²) in [5, 5.41) is 5.96.